The molecular weight excluding hydrogens is 328 g/mol. The zero-order chi connectivity index (χ0) is 18.1. The Labute approximate surface area is 152 Å². The highest BCUT2D eigenvalue weighted by atomic mass is 16.3. The Morgan fingerprint density at radius 2 is 2.27 bits per heavy atom. The average Bonchev–Trinajstić information content (AvgIpc) is 2.65. The number of benzene rings is 1. The van der Waals surface area contributed by atoms with Gasteiger partial charge in [-0.05, 0) is 48.6 Å². The van der Waals surface area contributed by atoms with Crippen LogP contribution in [0.2, 0.25) is 0 Å². The molecule has 0 aliphatic heterocycles. The molecule has 2 aliphatic rings. The van der Waals surface area contributed by atoms with Gasteiger partial charge in [0.25, 0.3) is 0 Å². The van der Waals surface area contributed by atoms with E-state index in [1.165, 1.54) is 17.3 Å². The van der Waals surface area contributed by atoms with Gasteiger partial charge in [0.15, 0.2) is 6.29 Å². The Kier molecular flexibility index (Phi) is 4.32. The summed E-state index contributed by atoms with van der Waals surface area (Å²) in [5.41, 5.74) is 3.98. The van der Waals surface area contributed by atoms with Crippen molar-refractivity contribution in [3.05, 3.63) is 52.9 Å². The van der Waals surface area contributed by atoms with E-state index in [1.807, 2.05) is 12.1 Å². The second-order valence-electron chi connectivity index (χ2n) is 6.84. The number of carbonyl (C=O) groups is 1. The van der Waals surface area contributed by atoms with Crippen LogP contribution >= 0.6 is 0 Å². The number of nitrogens with zero attached hydrogens (tertiary/aromatic N) is 2. The van der Waals surface area contributed by atoms with Gasteiger partial charge >= 0.3 is 0 Å². The lowest BCUT2D eigenvalue weighted by Gasteiger charge is -2.38. The molecule has 6 nitrogen and oxygen atoms in total. The lowest BCUT2D eigenvalue weighted by Crippen LogP contribution is -2.28. The summed E-state index contributed by atoms with van der Waals surface area (Å²) in [7, 11) is 0. The normalized spacial score (nSPS) is 20.3. The molecule has 0 spiro atoms. The maximum Gasteiger partial charge on any atom is 0.229 e. The Bertz CT molecular complexity index is 878. The lowest BCUT2D eigenvalue weighted by atomic mass is 9.67. The van der Waals surface area contributed by atoms with Gasteiger partial charge in [0, 0.05) is 30.3 Å². The minimum Gasteiger partial charge on any atom is -0.512 e. The smallest absolute Gasteiger partial charge is 0.229 e. The van der Waals surface area contributed by atoms with Crippen molar-refractivity contribution in [2.45, 2.75) is 32.1 Å². The van der Waals surface area contributed by atoms with Gasteiger partial charge in [0.1, 0.15) is 5.82 Å². The number of allylic oxidation sites excluding steroid dienone is 2. The highest BCUT2D eigenvalue weighted by Crippen LogP contribution is 2.47. The number of hydrogen-bond donors (Lipinski definition) is 3. The number of aldehydes is 1. The van der Waals surface area contributed by atoms with Crippen molar-refractivity contribution in [2.24, 2.45) is 5.92 Å². The number of nitrogens with one attached hydrogen (secondary N) is 2. The van der Waals surface area contributed by atoms with Crippen molar-refractivity contribution in [3.8, 4) is 0 Å². The number of aliphatic hydroxyl groups excluding tert-OH is 1. The molecular formula is C20H22N4O2. The quantitative estimate of drug-likeness (QED) is 0.684. The largest absolute Gasteiger partial charge is 0.512 e. The molecule has 2 atom stereocenters. The first kappa shape index (κ1) is 16.6. The van der Waals surface area contributed by atoms with E-state index >= 15 is 0 Å². The van der Waals surface area contributed by atoms with E-state index in [9.17, 15) is 9.90 Å². The third kappa shape index (κ3) is 2.92. The first-order valence-electron chi connectivity index (χ1n) is 9.06. The van der Waals surface area contributed by atoms with E-state index in [2.05, 4.69) is 39.7 Å². The Morgan fingerprint density at radius 3 is 3.04 bits per heavy atom. The van der Waals surface area contributed by atoms with Crippen LogP contribution in [0, 0.1) is 5.92 Å². The van der Waals surface area contributed by atoms with Crippen LogP contribution in [0.4, 0.5) is 17.5 Å². The summed E-state index contributed by atoms with van der Waals surface area (Å²) in [6.07, 6.45) is 7.13. The predicted molar refractivity (Wildman–Crippen MR) is 101 cm³/mol. The molecule has 3 N–H and O–H groups in total. The van der Waals surface area contributed by atoms with Crippen molar-refractivity contribution in [1.82, 2.24) is 9.97 Å². The van der Waals surface area contributed by atoms with Crippen LogP contribution in [0.5, 0.6) is 0 Å². The second-order valence-corrected chi connectivity index (χ2v) is 6.84. The fourth-order valence-electron chi connectivity index (χ4n) is 3.71. The molecule has 2 aromatic rings. The molecule has 0 saturated heterocycles. The summed E-state index contributed by atoms with van der Waals surface area (Å²) < 4.78 is 0. The van der Waals surface area contributed by atoms with E-state index < -0.39 is 0 Å². The lowest BCUT2D eigenvalue weighted by molar-refractivity contribution is 0.112. The molecule has 0 fully saturated rings. The van der Waals surface area contributed by atoms with Crippen molar-refractivity contribution < 1.29 is 9.90 Å². The molecule has 0 saturated carbocycles. The summed E-state index contributed by atoms with van der Waals surface area (Å²) in [6.45, 7) is 2.81. The van der Waals surface area contributed by atoms with E-state index in [-0.39, 0.29) is 0 Å². The van der Waals surface area contributed by atoms with Gasteiger partial charge in [-0.2, -0.15) is 4.98 Å². The fraction of sp³-hybridized carbons (Fsp3) is 0.350. The molecule has 134 valence electrons. The van der Waals surface area contributed by atoms with E-state index in [4.69, 9.17) is 0 Å². The topological polar surface area (TPSA) is 87.1 Å². The number of carbonyl (C=O) groups excluding carboxylic acids is 1. The molecule has 2 aliphatic carbocycles. The molecule has 1 aromatic carbocycles. The molecule has 1 aromatic heterocycles. The van der Waals surface area contributed by atoms with Crippen molar-refractivity contribution >= 4 is 23.7 Å². The van der Waals surface area contributed by atoms with Crippen LogP contribution in [-0.4, -0.2) is 27.9 Å². The van der Waals surface area contributed by atoms with Crippen LogP contribution in [0.1, 0.15) is 47.2 Å². The maximum atomic E-state index is 11.1. The highest BCUT2D eigenvalue weighted by molar-refractivity contribution is 5.82. The summed E-state index contributed by atoms with van der Waals surface area (Å²) in [6, 6.07) is 6.26. The third-order valence-corrected chi connectivity index (χ3v) is 5.13. The monoisotopic (exact) mass is 350 g/mol. The van der Waals surface area contributed by atoms with Gasteiger partial charge in [0.05, 0.1) is 11.3 Å². The zero-order valence-electron chi connectivity index (χ0n) is 14.7. The van der Waals surface area contributed by atoms with Gasteiger partial charge in [-0.3, -0.25) is 4.79 Å². The van der Waals surface area contributed by atoms with Gasteiger partial charge < -0.3 is 15.7 Å². The summed E-state index contributed by atoms with van der Waals surface area (Å²) in [5.74, 6) is 2.20. The second kappa shape index (κ2) is 6.78. The number of aryl methyl sites for hydroxylation is 1. The average molecular weight is 350 g/mol. The first-order chi connectivity index (χ1) is 12.7. The summed E-state index contributed by atoms with van der Waals surface area (Å²) in [4.78, 5) is 19.8. The van der Waals surface area contributed by atoms with Crippen molar-refractivity contribution in [3.63, 3.8) is 0 Å². The minimum atomic E-state index is 0.299. The van der Waals surface area contributed by atoms with Crippen LogP contribution in [0.3, 0.4) is 0 Å². The summed E-state index contributed by atoms with van der Waals surface area (Å²) in [5, 5.41) is 16.1. The predicted octanol–water partition coefficient (Wildman–Crippen LogP) is 3.96. The number of anilines is 3. The van der Waals surface area contributed by atoms with Crippen molar-refractivity contribution in [2.75, 3.05) is 17.2 Å². The fourth-order valence-corrected chi connectivity index (χ4v) is 3.71. The molecule has 0 radical (unpaired) electrons. The molecule has 0 bridgehead atoms. The third-order valence-electron chi connectivity index (χ3n) is 5.13. The molecule has 1 heterocycles. The van der Waals surface area contributed by atoms with Crippen molar-refractivity contribution in [1.29, 1.82) is 0 Å². The Morgan fingerprint density at radius 1 is 1.38 bits per heavy atom. The molecule has 4 rings (SSSR count). The Balaban J connectivity index is 1.55. The van der Waals surface area contributed by atoms with Crippen LogP contribution in [-0.2, 0) is 6.42 Å². The highest BCUT2D eigenvalue weighted by Gasteiger charge is 2.37. The number of hydrogen-bond acceptors (Lipinski definition) is 6. The van der Waals surface area contributed by atoms with E-state index in [0.29, 0.717) is 34.9 Å². The van der Waals surface area contributed by atoms with Gasteiger partial charge in [-0.15, -0.1) is 0 Å². The molecule has 0 amide bonds. The summed E-state index contributed by atoms with van der Waals surface area (Å²) >= 11 is 0. The van der Waals surface area contributed by atoms with Gasteiger partial charge in [-0.25, -0.2) is 4.98 Å². The molecule has 2 unspecified atom stereocenters. The zero-order valence-corrected chi connectivity index (χ0v) is 14.7. The molecule has 6 heteroatoms. The number of aliphatic hydroxyl groups is 1. The van der Waals surface area contributed by atoms with Gasteiger partial charge in [-0.1, -0.05) is 13.0 Å². The van der Waals surface area contributed by atoms with Gasteiger partial charge in [0.2, 0.25) is 5.95 Å². The van der Waals surface area contributed by atoms with E-state index in [0.717, 1.165) is 37.8 Å². The first-order valence-corrected chi connectivity index (χ1v) is 9.06. The number of fused-ring (bicyclic) bond motifs is 3. The number of aromatic nitrogens is 2. The molecule has 26 heavy (non-hydrogen) atoms. The maximum absolute atomic E-state index is 11.1. The van der Waals surface area contributed by atoms with E-state index in [1.54, 1.807) is 0 Å². The van der Waals surface area contributed by atoms with Crippen LogP contribution < -0.4 is 10.6 Å². The Hall–Kier alpha value is -2.89. The van der Waals surface area contributed by atoms with Crippen LogP contribution in [0.15, 0.2) is 36.2 Å². The standard InChI is InChI=1S/C20H22N4O2/c1-2-7-21-19-13(11-25)10-22-20(24-19)23-14-4-6-15-12(8-14)3-5-16-17(15)9-18(16)26/h4,6,8-11,16-17,26H,2-3,5,7H2,1H3,(H2,21,22,23,24). The SMILES string of the molecule is CCCNc1nc(Nc2ccc3c(c2)CCC2C(O)=CC32)ncc1C=O. The minimum absolute atomic E-state index is 0.299. The number of rotatable bonds is 6. The van der Waals surface area contributed by atoms with Crippen LogP contribution in [0.25, 0.3) is 0 Å².